The predicted molar refractivity (Wildman–Crippen MR) is 93.2 cm³/mol. The van der Waals surface area contributed by atoms with Crippen LogP contribution in [0.4, 0.5) is 0 Å². The summed E-state index contributed by atoms with van der Waals surface area (Å²) in [6.07, 6.45) is 5.41. The van der Waals surface area contributed by atoms with Crippen LogP contribution >= 0.6 is 0 Å². The molecule has 1 aromatic rings. The smallest absolute Gasteiger partial charge is 0.264 e. The first-order chi connectivity index (χ1) is 11.4. The third-order valence-electron chi connectivity index (χ3n) is 5.22. The molecule has 1 saturated heterocycles. The molecule has 2 aliphatic rings. The topological polar surface area (TPSA) is 55.8 Å². The summed E-state index contributed by atoms with van der Waals surface area (Å²) in [5, 5.41) is 0. The van der Waals surface area contributed by atoms with E-state index in [2.05, 4.69) is 17.0 Å². The van der Waals surface area contributed by atoms with Gasteiger partial charge < -0.3 is 4.74 Å². The molecule has 2 fully saturated rings. The minimum atomic E-state index is -3.47. The Balaban J connectivity index is 1.76. The zero-order valence-corrected chi connectivity index (χ0v) is 15.3. The SMILES string of the molecule is CN(Cc1ccccc1)[C@@H]1C[C@]2(CCCO2)CC[C@H]1OS(C)(=O)=O. The molecule has 3 rings (SSSR count). The van der Waals surface area contributed by atoms with Crippen molar-refractivity contribution in [1.82, 2.24) is 4.90 Å². The highest BCUT2D eigenvalue weighted by atomic mass is 32.2. The van der Waals surface area contributed by atoms with Crippen molar-refractivity contribution in [3.8, 4) is 0 Å². The fraction of sp³-hybridized carbons (Fsp3) is 0.667. The summed E-state index contributed by atoms with van der Waals surface area (Å²) in [7, 11) is -1.42. The van der Waals surface area contributed by atoms with Crippen LogP contribution in [0.1, 0.15) is 37.7 Å². The molecule has 1 heterocycles. The van der Waals surface area contributed by atoms with E-state index in [0.717, 1.165) is 51.5 Å². The minimum absolute atomic E-state index is 0.0341. The molecule has 1 spiro atoms. The molecule has 1 saturated carbocycles. The number of nitrogens with zero attached hydrogens (tertiary/aromatic N) is 1. The summed E-state index contributed by atoms with van der Waals surface area (Å²) in [5.74, 6) is 0. The molecule has 0 unspecified atom stereocenters. The van der Waals surface area contributed by atoms with Gasteiger partial charge in [0, 0.05) is 19.2 Å². The van der Waals surface area contributed by atoms with Gasteiger partial charge in [0.05, 0.1) is 18.0 Å². The zero-order valence-electron chi connectivity index (χ0n) is 14.5. The lowest BCUT2D eigenvalue weighted by molar-refractivity contribution is -0.0811. The molecule has 1 aliphatic heterocycles. The molecular formula is C18H27NO4S. The number of hydrogen-bond acceptors (Lipinski definition) is 5. The lowest BCUT2D eigenvalue weighted by Gasteiger charge is -2.44. The van der Waals surface area contributed by atoms with Crippen molar-refractivity contribution in [1.29, 1.82) is 0 Å². The van der Waals surface area contributed by atoms with E-state index in [4.69, 9.17) is 8.92 Å². The fourth-order valence-corrected chi connectivity index (χ4v) is 4.76. The van der Waals surface area contributed by atoms with Crippen LogP contribution in [-0.4, -0.2) is 51.0 Å². The Morgan fingerprint density at radius 2 is 2.04 bits per heavy atom. The second-order valence-corrected chi connectivity index (χ2v) is 8.79. The normalized spacial score (nSPS) is 31.0. The highest BCUT2D eigenvalue weighted by molar-refractivity contribution is 7.86. The first-order valence-electron chi connectivity index (χ1n) is 8.63. The Kier molecular flexibility index (Phi) is 5.30. The van der Waals surface area contributed by atoms with Gasteiger partial charge in [0.1, 0.15) is 0 Å². The van der Waals surface area contributed by atoms with Crippen molar-refractivity contribution >= 4 is 10.1 Å². The van der Waals surface area contributed by atoms with Crippen LogP contribution in [0.3, 0.4) is 0 Å². The highest BCUT2D eigenvalue weighted by Gasteiger charge is 2.46. The van der Waals surface area contributed by atoms with E-state index < -0.39 is 10.1 Å². The molecule has 134 valence electrons. The molecule has 0 aromatic heterocycles. The Morgan fingerprint density at radius 1 is 1.29 bits per heavy atom. The fourth-order valence-electron chi connectivity index (χ4n) is 4.09. The van der Waals surface area contributed by atoms with Gasteiger partial charge in [0.15, 0.2) is 0 Å². The largest absolute Gasteiger partial charge is 0.375 e. The number of ether oxygens (including phenoxy) is 1. The molecule has 24 heavy (non-hydrogen) atoms. The van der Waals surface area contributed by atoms with E-state index in [9.17, 15) is 8.42 Å². The van der Waals surface area contributed by atoms with Gasteiger partial charge in [-0.2, -0.15) is 8.42 Å². The van der Waals surface area contributed by atoms with E-state index in [1.807, 2.05) is 25.2 Å². The monoisotopic (exact) mass is 353 g/mol. The van der Waals surface area contributed by atoms with Crippen LogP contribution < -0.4 is 0 Å². The quantitative estimate of drug-likeness (QED) is 0.762. The molecule has 0 N–H and O–H groups in total. The first-order valence-corrected chi connectivity index (χ1v) is 10.4. The number of hydrogen-bond donors (Lipinski definition) is 0. The molecule has 0 bridgehead atoms. The van der Waals surface area contributed by atoms with E-state index in [0.29, 0.717) is 0 Å². The van der Waals surface area contributed by atoms with E-state index >= 15 is 0 Å². The molecule has 6 heteroatoms. The summed E-state index contributed by atoms with van der Waals surface area (Å²) >= 11 is 0. The molecular weight excluding hydrogens is 326 g/mol. The van der Waals surface area contributed by atoms with Crippen LogP contribution in [0.2, 0.25) is 0 Å². The minimum Gasteiger partial charge on any atom is -0.375 e. The second-order valence-electron chi connectivity index (χ2n) is 7.18. The molecule has 0 amide bonds. The second kappa shape index (κ2) is 7.12. The van der Waals surface area contributed by atoms with Gasteiger partial charge in [-0.3, -0.25) is 9.08 Å². The third-order valence-corrected chi connectivity index (χ3v) is 5.82. The highest BCUT2D eigenvalue weighted by Crippen LogP contribution is 2.42. The van der Waals surface area contributed by atoms with Crippen LogP contribution in [0.5, 0.6) is 0 Å². The van der Waals surface area contributed by atoms with Gasteiger partial charge in [0.25, 0.3) is 10.1 Å². The molecule has 1 aliphatic carbocycles. The van der Waals surface area contributed by atoms with Crippen molar-refractivity contribution in [3.63, 3.8) is 0 Å². The standard InChI is InChI=1S/C18H27NO4S/c1-19(14-15-7-4-3-5-8-15)16-13-18(10-6-12-22-18)11-9-17(16)23-24(2,20)21/h3-5,7-8,16-17H,6,9-14H2,1-2H3/t16-,17-,18+/m1/s1. The Morgan fingerprint density at radius 3 is 2.67 bits per heavy atom. The van der Waals surface area contributed by atoms with Gasteiger partial charge >= 0.3 is 0 Å². The molecule has 3 atom stereocenters. The predicted octanol–water partition coefficient (Wildman–Crippen LogP) is 2.56. The maximum Gasteiger partial charge on any atom is 0.264 e. The van der Waals surface area contributed by atoms with E-state index in [-0.39, 0.29) is 17.7 Å². The lowest BCUT2D eigenvalue weighted by atomic mass is 9.78. The molecule has 5 nitrogen and oxygen atoms in total. The summed E-state index contributed by atoms with van der Waals surface area (Å²) in [6, 6.07) is 10.3. The summed E-state index contributed by atoms with van der Waals surface area (Å²) in [6.45, 7) is 1.58. The Bertz CT molecular complexity index is 640. The van der Waals surface area contributed by atoms with Gasteiger partial charge in [-0.25, -0.2) is 0 Å². The summed E-state index contributed by atoms with van der Waals surface area (Å²) in [4.78, 5) is 2.22. The van der Waals surface area contributed by atoms with Crippen LogP contribution in [0.15, 0.2) is 30.3 Å². The summed E-state index contributed by atoms with van der Waals surface area (Å²) in [5.41, 5.74) is 1.12. The van der Waals surface area contributed by atoms with Crippen molar-refractivity contribution < 1.29 is 17.3 Å². The van der Waals surface area contributed by atoms with Gasteiger partial charge in [-0.1, -0.05) is 30.3 Å². The zero-order chi connectivity index (χ0) is 17.2. The van der Waals surface area contributed by atoms with Crippen LogP contribution in [-0.2, 0) is 25.6 Å². The maximum absolute atomic E-state index is 11.7. The van der Waals surface area contributed by atoms with Crippen molar-refractivity contribution in [2.24, 2.45) is 0 Å². The van der Waals surface area contributed by atoms with Gasteiger partial charge in [0.2, 0.25) is 0 Å². The number of rotatable bonds is 5. The van der Waals surface area contributed by atoms with Gasteiger partial charge in [-0.05, 0) is 44.7 Å². The average Bonchev–Trinajstić information content (AvgIpc) is 2.97. The van der Waals surface area contributed by atoms with Crippen molar-refractivity contribution in [2.45, 2.75) is 56.4 Å². The first kappa shape index (κ1) is 17.9. The van der Waals surface area contributed by atoms with E-state index in [1.165, 1.54) is 5.56 Å². The van der Waals surface area contributed by atoms with Crippen molar-refractivity contribution in [3.05, 3.63) is 35.9 Å². The molecule has 0 radical (unpaired) electrons. The van der Waals surface area contributed by atoms with Gasteiger partial charge in [-0.15, -0.1) is 0 Å². The van der Waals surface area contributed by atoms with Crippen LogP contribution in [0.25, 0.3) is 0 Å². The number of benzene rings is 1. The third kappa shape index (κ3) is 4.36. The maximum atomic E-state index is 11.7. The summed E-state index contributed by atoms with van der Waals surface area (Å²) < 4.78 is 34.8. The Hall–Kier alpha value is -0.950. The molecule has 1 aromatic carbocycles. The number of likely N-dealkylation sites (N-methyl/N-ethyl adjacent to an activating group) is 1. The average molecular weight is 353 g/mol. The van der Waals surface area contributed by atoms with Crippen LogP contribution in [0, 0.1) is 0 Å². The lowest BCUT2D eigenvalue weighted by Crippen LogP contribution is -2.52. The van der Waals surface area contributed by atoms with Crippen molar-refractivity contribution in [2.75, 3.05) is 19.9 Å². The Labute approximate surface area is 145 Å². The van der Waals surface area contributed by atoms with E-state index in [1.54, 1.807) is 0 Å².